The lowest BCUT2D eigenvalue weighted by Gasteiger charge is -2.30. The smallest absolute Gasteiger partial charge is 0.0951 e. The summed E-state index contributed by atoms with van der Waals surface area (Å²) in [5, 5.41) is 0. The van der Waals surface area contributed by atoms with Crippen LogP contribution in [0.25, 0.3) is 0 Å². The molecule has 0 amide bonds. The number of nitrogens with two attached hydrogens (primary N) is 1. The number of imidazole rings is 1. The third-order valence-corrected chi connectivity index (χ3v) is 4.28. The lowest BCUT2D eigenvalue weighted by atomic mass is 10.1. The fourth-order valence-corrected chi connectivity index (χ4v) is 3.09. The molecule has 4 heteroatoms. The molecule has 1 atom stereocenters. The molecule has 1 aliphatic carbocycles. The van der Waals surface area contributed by atoms with E-state index in [9.17, 15) is 0 Å². The monoisotopic (exact) mass is 248 g/mol. The van der Waals surface area contributed by atoms with Gasteiger partial charge in [0, 0.05) is 18.8 Å². The van der Waals surface area contributed by atoms with Gasteiger partial charge < -0.3 is 10.3 Å². The van der Waals surface area contributed by atoms with Crippen LogP contribution in [0.15, 0.2) is 12.5 Å². The van der Waals surface area contributed by atoms with Gasteiger partial charge in [0.15, 0.2) is 0 Å². The molecule has 2 aliphatic rings. The van der Waals surface area contributed by atoms with Gasteiger partial charge in [-0.15, -0.1) is 0 Å². The lowest BCUT2D eigenvalue weighted by Crippen LogP contribution is -2.35. The first-order valence-corrected chi connectivity index (χ1v) is 7.36. The van der Waals surface area contributed by atoms with Crippen LogP contribution in [0.4, 0.5) is 0 Å². The van der Waals surface area contributed by atoms with E-state index in [1.165, 1.54) is 57.3 Å². The quantitative estimate of drug-likeness (QED) is 0.887. The van der Waals surface area contributed by atoms with Crippen molar-refractivity contribution >= 4 is 0 Å². The molecule has 0 bridgehead atoms. The van der Waals surface area contributed by atoms with Gasteiger partial charge in [-0.2, -0.15) is 0 Å². The molecule has 1 aliphatic heterocycles. The Labute approximate surface area is 109 Å². The first-order valence-electron chi connectivity index (χ1n) is 7.36. The summed E-state index contributed by atoms with van der Waals surface area (Å²) in [5.74, 6) is 0. The minimum atomic E-state index is 0.367. The molecular weight excluding hydrogens is 224 g/mol. The first kappa shape index (κ1) is 12.2. The highest BCUT2D eigenvalue weighted by Crippen LogP contribution is 2.37. The van der Waals surface area contributed by atoms with E-state index in [-0.39, 0.29) is 0 Å². The van der Waals surface area contributed by atoms with Gasteiger partial charge in [-0.05, 0) is 38.8 Å². The van der Waals surface area contributed by atoms with Gasteiger partial charge in [-0.1, -0.05) is 12.8 Å². The zero-order valence-corrected chi connectivity index (χ0v) is 11.1. The molecule has 1 unspecified atom stereocenters. The molecule has 4 nitrogen and oxygen atoms in total. The van der Waals surface area contributed by atoms with Crippen LogP contribution in [-0.4, -0.2) is 34.1 Å². The van der Waals surface area contributed by atoms with Crippen molar-refractivity contribution in [3.8, 4) is 0 Å². The number of likely N-dealkylation sites (tertiary alicyclic amines) is 1. The molecule has 0 spiro atoms. The Morgan fingerprint density at radius 1 is 1.22 bits per heavy atom. The molecule has 2 fully saturated rings. The predicted molar refractivity (Wildman–Crippen MR) is 72.3 cm³/mol. The van der Waals surface area contributed by atoms with Crippen molar-refractivity contribution in [3.63, 3.8) is 0 Å². The van der Waals surface area contributed by atoms with Gasteiger partial charge in [0.1, 0.15) is 0 Å². The maximum absolute atomic E-state index is 6.05. The maximum atomic E-state index is 6.05. The molecule has 1 saturated carbocycles. The van der Waals surface area contributed by atoms with E-state index in [1.54, 1.807) is 0 Å². The molecule has 1 saturated heterocycles. The van der Waals surface area contributed by atoms with Crippen molar-refractivity contribution in [1.82, 2.24) is 14.5 Å². The second kappa shape index (κ2) is 5.41. The summed E-state index contributed by atoms with van der Waals surface area (Å²) in [5.41, 5.74) is 7.39. The average Bonchev–Trinajstić information content (AvgIpc) is 3.17. The van der Waals surface area contributed by atoms with Gasteiger partial charge in [0.2, 0.25) is 0 Å². The Kier molecular flexibility index (Phi) is 3.66. The normalized spacial score (nSPS) is 23.8. The minimum absolute atomic E-state index is 0.367. The van der Waals surface area contributed by atoms with E-state index in [0.717, 1.165) is 0 Å². The Hall–Kier alpha value is -0.870. The topological polar surface area (TPSA) is 47.1 Å². The lowest BCUT2D eigenvalue weighted by molar-refractivity contribution is 0.202. The Bertz CT molecular complexity index is 375. The van der Waals surface area contributed by atoms with Crippen molar-refractivity contribution in [3.05, 3.63) is 18.2 Å². The van der Waals surface area contributed by atoms with E-state index in [0.29, 0.717) is 18.6 Å². The molecule has 0 aromatic carbocycles. The van der Waals surface area contributed by atoms with Gasteiger partial charge in [0.05, 0.1) is 18.1 Å². The third-order valence-electron chi connectivity index (χ3n) is 4.28. The second-order valence-corrected chi connectivity index (χ2v) is 5.66. The zero-order chi connectivity index (χ0) is 12.4. The van der Waals surface area contributed by atoms with E-state index in [2.05, 4.69) is 14.5 Å². The Morgan fingerprint density at radius 2 is 1.94 bits per heavy atom. The SMILES string of the molecule is NCC(c1cncn1C1CC1)N1CCCCCC1. The van der Waals surface area contributed by atoms with E-state index in [4.69, 9.17) is 5.73 Å². The number of hydrogen-bond donors (Lipinski definition) is 1. The fraction of sp³-hybridized carbons (Fsp3) is 0.786. The summed E-state index contributed by atoms with van der Waals surface area (Å²) < 4.78 is 2.36. The highest BCUT2D eigenvalue weighted by atomic mass is 15.2. The van der Waals surface area contributed by atoms with Crippen LogP contribution in [0.5, 0.6) is 0 Å². The van der Waals surface area contributed by atoms with Crippen molar-refractivity contribution in [2.75, 3.05) is 19.6 Å². The van der Waals surface area contributed by atoms with Gasteiger partial charge in [-0.3, -0.25) is 4.90 Å². The molecule has 3 rings (SSSR count). The van der Waals surface area contributed by atoms with Crippen LogP contribution in [0.2, 0.25) is 0 Å². The molecule has 2 heterocycles. The molecular formula is C14H24N4. The molecule has 1 aromatic heterocycles. The van der Waals surface area contributed by atoms with Crippen molar-refractivity contribution in [2.45, 2.75) is 50.6 Å². The second-order valence-electron chi connectivity index (χ2n) is 5.66. The van der Waals surface area contributed by atoms with Gasteiger partial charge in [-0.25, -0.2) is 4.98 Å². The first-order chi connectivity index (χ1) is 8.90. The molecule has 0 radical (unpaired) electrons. The minimum Gasteiger partial charge on any atom is -0.330 e. The largest absolute Gasteiger partial charge is 0.330 e. The summed E-state index contributed by atoms with van der Waals surface area (Å²) in [6, 6.07) is 1.06. The maximum Gasteiger partial charge on any atom is 0.0951 e. The molecule has 1 aromatic rings. The number of aromatic nitrogens is 2. The predicted octanol–water partition coefficient (Wildman–Crippen LogP) is 2.09. The fourth-order valence-electron chi connectivity index (χ4n) is 3.09. The molecule has 18 heavy (non-hydrogen) atoms. The Morgan fingerprint density at radius 3 is 2.56 bits per heavy atom. The highest BCUT2D eigenvalue weighted by Gasteiger charge is 2.29. The van der Waals surface area contributed by atoms with E-state index in [1.807, 2.05) is 12.5 Å². The third kappa shape index (κ3) is 2.45. The summed E-state index contributed by atoms with van der Waals surface area (Å²) in [7, 11) is 0. The zero-order valence-electron chi connectivity index (χ0n) is 11.1. The van der Waals surface area contributed by atoms with E-state index < -0.39 is 0 Å². The Balaban J connectivity index is 1.79. The van der Waals surface area contributed by atoms with Crippen LogP contribution in [-0.2, 0) is 0 Å². The van der Waals surface area contributed by atoms with Crippen molar-refractivity contribution < 1.29 is 0 Å². The van der Waals surface area contributed by atoms with Gasteiger partial charge in [0.25, 0.3) is 0 Å². The number of rotatable bonds is 4. The average molecular weight is 248 g/mol. The summed E-state index contributed by atoms with van der Waals surface area (Å²) in [4.78, 5) is 6.92. The molecule has 100 valence electrons. The van der Waals surface area contributed by atoms with Crippen LogP contribution in [0.1, 0.15) is 56.3 Å². The number of hydrogen-bond acceptors (Lipinski definition) is 3. The van der Waals surface area contributed by atoms with Crippen LogP contribution in [0, 0.1) is 0 Å². The van der Waals surface area contributed by atoms with Crippen LogP contribution < -0.4 is 5.73 Å². The number of nitrogens with zero attached hydrogens (tertiary/aromatic N) is 3. The van der Waals surface area contributed by atoms with Crippen LogP contribution >= 0.6 is 0 Å². The standard InChI is InChI=1S/C14H24N4/c15-9-13(17-7-3-1-2-4-8-17)14-10-16-11-18(14)12-5-6-12/h10-13H,1-9,15H2. The van der Waals surface area contributed by atoms with E-state index >= 15 is 0 Å². The van der Waals surface area contributed by atoms with Crippen molar-refractivity contribution in [1.29, 1.82) is 0 Å². The molecule has 2 N–H and O–H groups in total. The summed E-state index contributed by atoms with van der Waals surface area (Å²) >= 11 is 0. The van der Waals surface area contributed by atoms with Gasteiger partial charge >= 0.3 is 0 Å². The summed E-state index contributed by atoms with van der Waals surface area (Å²) in [6.45, 7) is 3.09. The summed E-state index contributed by atoms with van der Waals surface area (Å²) in [6.07, 6.45) is 12.0. The van der Waals surface area contributed by atoms with Crippen molar-refractivity contribution in [2.24, 2.45) is 5.73 Å². The van der Waals surface area contributed by atoms with Crippen LogP contribution in [0.3, 0.4) is 0 Å². The highest BCUT2D eigenvalue weighted by molar-refractivity contribution is 5.10.